The zero-order chi connectivity index (χ0) is 18.1. The van der Waals surface area contributed by atoms with Crippen molar-refractivity contribution in [3.63, 3.8) is 0 Å². The number of nitrogens with two attached hydrogens (primary N) is 1. The van der Waals surface area contributed by atoms with Crippen LogP contribution in [0.4, 0.5) is 0 Å². The lowest BCUT2D eigenvalue weighted by Crippen LogP contribution is -2.33. The Hall–Kier alpha value is -1.74. The molecule has 0 amide bonds. The molecule has 5 nitrogen and oxygen atoms in total. The molecule has 2 rings (SSSR count). The van der Waals surface area contributed by atoms with E-state index in [0.29, 0.717) is 24.7 Å². The molecule has 0 aliphatic carbocycles. The van der Waals surface area contributed by atoms with Gasteiger partial charge in [-0.1, -0.05) is 12.1 Å². The maximum atomic E-state index is 5.95. The largest absolute Gasteiger partial charge is 0.493 e. The first-order valence-corrected chi connectivity index (χ1v) is 8.96. The number of hydrogen-bond donors (Lipinski definition) is 2. The number of rotatable bonds is 9. The fourth-order valence-electron chi connectivity index (χ4n) is 2.51. The van der Waals surface area contributed by atoms with Crippen LogP contribution < -0.4 is 20.5 Å². The summed E-state index contributed by atoms with van der Waals surface area (Å²) < 4.78 is 10.9. The number of halogens is 1. The lowest BCUT2D eigenvalue weighted by Gasteiger charge is -2.14. The first-order valence-electron chi connectivity index (χ1n) is 8.08. The van der Waals surface area contributed by atoms with Crippen molar-refractivity contribution in [1.29, 1.82) is 0 Å². The Balaban J connectivity index is 0.00000338. The van der Waals surface area contributed by atoms with Gasteiger partial charge in [-0.3, -0.25) is 0 Å². The summed E-state index contributed by atoms with van der Waals surface area (Å²) in [5.74, 6) is 1.87. The van der Waals surface area contributed by atoms with E-state index < -0.39 is 0 Å². The monoisotopic (exact) mass is 487 g/mol. The highest BCUT2D eigenvalue weighted by atomic mass is 127. The molecule has 0 saturated heterocycles. The molecule has 0 unspecified atom stereocenters. The van der Waals surface area contributed by atoms with Crippen LogP contribution in [-0.2, 0) is 19.4 Å². The van der Waals surface area contributed by atoms with Crippen LogP contribution in [0.2, 0.25) is 0 Å². The van der Waals surface area contributed by atoms with Crippen molar-refractivity contribution in [2.75, 3.05) is 20.8 Å². The molecule has 7 heteroatoms. The average molecular weight is 487 g/mol. The summed E-state index contributed by atoms with van der Waals surface area (Å²) in [7, 11) is 3.26. The van der Waals surface area contributed by atoms with E-state index in [1.807, 2.05) is 18.2 Å². The number of ether oxygens (including phenoxy) is 2. The van der Waals surface area contributed by atoms with Crippen LogP contribution in [-0.4, -0.2) is 26.7 Å². The van der Waals surface area contributed by atoms with Gasteiger partial charge in [0.05, 0.1) is 20.8 Å². The van der Waals surface area contributed by atoms with Crippen LogP contribution in [0.3, 0.4) is 0 Å². The van der Waals surface area contributed by atoms with Gasteiger partial charge in [-0.2, -0.15) is 0 Å². The molecule has 2 aromatic rings. The van der Waals surface area contributed by atoms with Gasteiger partial charge in [-0.25, -0.2) is 4.99 Å². The predicted molar refractivity (Wildman–Crippen MR) is 120 cm³/mol. The normalized spacial score (nSPS) is 10.8. The number of aliphatic imine (C=N–C) groups is 1. The van der Waals surface area contributed by atoms with E-state index in [2.05, 4.69) is 34.4 Å². The van der Waals surface area contributed by atoms with E-state index in [-0.39, 0.29) is 24.0 Å². The SMILES string of the molecule is C=CCc1cc(CN=C(N)NCCc2cccs2)cc(OC)c1OC.I. The Morgan fingerprint density at radius 1 is 1.35 bits per heavy atom. The van der Waals surface area contributed by atoms with E-state index in [9.17, 15) is 0 Å². The van der Waals surface area contributed by atoms with Crippen LogP contribution in [0, 0.1) is 0 Å². The number of thiophene rings is 1. The van der Waals surface area contributed by atoms with E-state index >= 15 is 0 Å². The summed E-state index contributed by atoms with van der Waals surface area (Å²) in [4.78, 5) is 5.74. The Kier molecular flexibility index (Phi) is 10.1. The molecular weight excluding hydrogens is 461 g/mol. The van der Waals surface area contributed by atoms with Gasteiger partial charge in [0, 0.05) is 17.0 Å². The van der Waals surface area contributed by atoms with Crippen LogP contribution in [0.1, 0.15) is 16.0 Å². The van der Waals surface area contributed by atoms with Crippen molar-refractivity contribution in [2.45, 2.75) is 19.4 Å². The number of allylic oxidation sites excluding steroid dienone is 1. The average Bonchev–Trinajstić information content (AvgIpc) is 3.13. The number of guanidine groups is 1. The molecule has 142 valence electrons. The summed E-state index contributed by atoms with van der Waals surface area (Å²) in [6.45, 7) is 5.03. The van der Waals surface area contributed by atoms with Gasteiger partial charge in [-0.05, 0) is 42.0 Å². The third kappa shape index (κ3) is 6.53. The second kappa shape index (κ2) is 11.8. The maximum absolute atomic E-state index is 5.95. The van der Waals surface area contributed by atoms with Crippen molar-refractivity contribution in [3.8, 4) is 11.5 Å². The van der Waals surface area contributed by atoms with Gasteiger partial charge in [0.2, 0.25) is 0 Å². The smallest absolute Gasteiger partial charge is 0.188 e. The lowest BCUT2D eigenvalue weighted by molar-refractivity contribution is 0.352. The van der Waals surface area contributed by atoms with Crippen molar-refractivity contribution < 1.29 is 9.47 Å². The van der Waals surface area contributed by atoms with Gasteiger partial charge >= 0.3 is 0 Å². The summed E-state index contributed by atoms with van der Waals surface area (Å²) >= 11 is 1.74. The highest BCUT2D eigenvalue weighted by molar-refractivity contribution is 14.0. The number of nitrogens with one attached hydrogen (secondary N) is 1. The second-order valence-corrected chi connectivity index (χ2v) is 6.47. The first kappa shape index (κ1) is 22.3. The molecular formula is C19H26IN3O2S. The number of hydrogen-bond acceptors (Lipinski definition) is 4. The summed E-state index contributed by atoms with van der Waals surface area (Å²) in [5, 5.41) is 5.22. The molecule has 1 aromatic carbocycles. The van der Waals surface area contributed by atoms with Gasteiger partial charge in [0.25, 0.3) is 0 Å². The third-order valence-corrected chi connectivity index (χ3v) is 4.61. The number of methoxy groups -OCH3 is 2. The minimum absolute atomic E-state index is 0. The highest BCUT2D eigenvalue weighted by Gasteiger charge is 2.11. The predicted octanol–water partition coefficient (Wildman–Crippen LogP) is 3.76. The van der Waals surface area contributed by atoms with Gasteiger partial charge < -0.3 is 20.5 Å². The van der Waals surface area contributed by atoms with Crippen LogP contribution in [0.5, 0.6) is 11.5 Å². The molecule has 3 N–H and O–H groups in total. The molecule has 0 fully saturated rings. The van der Waals surface area contributed by atoms with E-state index in [4.69, 9.17) is 15.2 Å². The lowest BCUT2D eigenvalue weighted by atomic mass is 10.1. The Morgan fingerprint density at radius 2 is 2.15 bits per heavy atom. The first-order chi connectivity index (χ1) is 12.2. The minimum atomic E-state index is 0. The van der Waals surface area contributed by atoms with Gasteiger partial charge in [0.15, 0.2) is 17.5 Å². The van der Waals surface area contributed by atoms with E-state index in [1.54, 1.807) is 25.6 Å². The summed E-state index contributed by atoms with van der Waals surface area (Å²) in [5.41, 5.74) is 7.99. The molecule has 0 aliphatic rings. The molecule has 0 saturated carbocycles. The van der Waals surface area contributed by atoms with Crippen LogP contribution in [0.25, 0.3) is 0 Å². The standard InChI is InChI=1S/C19H25N3O2S.HI/c1-4-6-15-11-14(12-17(23-2)18(15)24-3)13-22-19(20)21-9-8-16-7-5-10-25-16;/h4-5,7,10-12H,1,6,8-9,13H2,2-3H3,(H3,20,21,22);1H. The fraction of sp³-hybridized carbons (Fsp3) is 0.316. The number of benzene rings is 1. The summed E-state index contributed by atoms with van der Waals surface area (Å²) in [6.07, 6.45) is 3.48. The molecule has 0 radical (unpaired) electrons. The highest BCUT2D eigenvalue weighted by Crippen LogP contribution is 2.33. The molecule has 1 heterocycles. The van der Waals surface area contributed by atoms with Crippen molar-refractivity contribution >= 4 is 41.3 Å². The fourth-order valence-corrected chi connectivity index (χ4v) is 3.21. The van der Waals surface area contributed by atoms with Crippen LogP contribution in [0.15, 0.2) is 47.3 Å². The Morgan fingerprint density at radius 3 is 2.77 bits per heavy atom. The van der Waals surface area contributed by atoms with Crippen molar-refractivity contribution in [3.05, 3.63) is 58.3 Å². The molecule has 0 bridgehead atoms. The summed E-state index contributed by atoms with van der Waals surface area (Å²) in [6, 6.07) is 8.14. The Bertz CT molecular complexity index is 718. The topological polar surface area (TPSA) is 68.9 Å². The van der Waals surface area contributed by atoms with Crippen molar-refractivity contribution in [2.24, 2.45) is 10.7 Å². The van der Waals surface area contributed by atoms with E-state index in [0.717, 1.165) is 29.8 Å². The third-order valence-electron chi connectivity index (χ3n) is 3.67. The van der Waals surface area contributed by atoms with E-state index in [1.165, 1.54) is 4.88 Å². The van der Waals surface area contributed by atoms with Crippen LogP contribution >= 0.6 is 35.3 Å². The minimum Gasteiger partial charge on any atom is -0.493 e. The second-order valence-electron chi connectivity index (χ2n) is 5.44. The molecule has 1 aromatic heterocycles. The zero-order valence-electron chi connectivity index (χ0n) is 15.2. The van der Waals surface area contributed by atoms with Gasteiger partial charge in [-0.15, -0.1) is 41.9 Å². The molecule has 0 aliphatic heterocycles. The van der Waals surface area contributed by atoms with Gasteiger partial charge in [0.1, 0.15) is 0 Å². The maximum Gasteiger partial charge on any atom is 0.188 e. The zero-order valence-corrected chi connectivity index (χ0v) is 18.3. The van der Waals surface area contributed by atoms with Crippen molar-refractivity contribution in [1.82, 2.24) is 5.32 Å². The molecule has 26 heavy (non-hydrogen) atoms. The number of nitrogens with zero attached hydrogens (tertiary/aromatic N) is 1. The molecule has 0 spiro atoms. The quantitative estimate of drug-likeness (QED) is 0.245. The Labute approximate surface area is 176 Å². The molecule has 0 atom stereocenters.